The SMILES string of the molecule is CCCCCCCCCCCC(O)c1ccncc1F. The second-order valence-corrected chi connectivity index (χ2v) is 5.53. The van der Waals surface area contributed by atoms with Gasteiger partial charge >= 0.3 is 0 Å². The van der Waals surface area contributed by atoms with Gasteiger partial charge in [0.2, 0.25) is 0 Å². The fourth-order valence-corrected chi connectivity index (χ4v) is 2.46. The van der Waals surface area contributed by atoms with E-state index in [4.69, 9.17) is 0 Å². The minimum absolute atomic E-state index is 0.375. The van der Waals surface area contributed by atoms with Crippen molar-refractivity contribution in [3.63, 3.8) is 0 Å². The van der Waals surface area contributed by atoms with Crippen LogP contribution in [0.2, 0.25) is 0 Å². The first kappa shape index (κ1) is 17.1. The molecule has 0 aliphatic rings. The number of aliphatic hydroxyl groups is 1. The number of nitrogens with zero attached hydrogens (tertiary/aromatic N) is 1. The molecule has 0 fully saturated rings. The average molecular weight is 281 g/mol. The van der Waals surface area contributed by atoms with Gasteiger partial charge in [-0.1, -0.05) is 64.7 Å². The molecule has 0 aliphatic carbocycles. The molecule has 3 heteroatoms. The van der Waals surface area contributed by atoms with Crippen molar-refractivity contribution >= 4 is 0 Å². The van der Waals surface area contributed by atoms with Gasteiger partial charge in [-0.25, -0.2) is 4.39 Å². The second-order valence-electron chi connectivity index (χ2n) is 5.53. The van der Waals surface area contributed by atoms with E-state index in [1.807, 2.05) is 0 Å². The zero-order valence-electron chi connectivity index (χ0n) is 12.7. The van der Waals surface area contributed by atoms with Gasteiger partial charge < -0.3 is 5.11 Å². The van der Waals surface area contributed by atoms with Crippen LogP contribution in [0.25, 0.3) is 0 Å². The Morgan fingerprint density at radius 2 is 1.65 bits per heavy atom. The number of unbranched alkanes of at least 4 members (excludes halogenated alkanes) is 8. The number of pyridine rings is 1. The lowest BCUT2D eigenvalue weighted by Gasteiger charge is -2.11. The summed E-state index contributed by atoms with van der Waals surface area (Å²) in [6.45, 7) is 2.23. The first-order valence-electron chi connectivity index (χ1n) is 8.03. The van der Waals surface area contributed by atoms with Crippen molar-refractivity contribution in [2.45, 2.75) is 77.2 Å². The molecule has 1 aromatic rings. The lowest BCUT2D eigenvalue weighted by atomic mass is 10.0. The van der Waals surface area contributed by atoms with Crippen molar-refractivity contribution < 1.29 is 9.50 Å². The Morgan fingerprint density at radius 1 is 1.05 bits per heavy atom. The molecule has 114 valence electrons. The summed E-state index contributed by atoms with van der Waals surface area (Å²) in [6.07, 6.45) is 13.9. The molecule has 0 spiro atoms. The lowest BCUT2D eigenvalue weighted by Crippen LogP contribution is -2.01. The molecule has 0 aromatic carbocycles. The van der Waals surface area contributed by atoms with E-state index in [0.717, 1.165) is 19.0 Å². The van der Waals surface area contributed by atoms with Crippen LogP contribution in [0.3, 0.4) is 0 Å². The summed E-state index contributed by atoms with van der Waals surface area (Å²) in [6, 6.07) is 1.56. The number of hydrogen-bond donors (Lipinski definition) is 1. The number of rotatable bonds is 11. The first-order chi connectivity index (χ1) is 9.75. The van der Waals surface area contributed by atoms with E-state index < -0.39 is 11.9 Å². The average Bonchev–Trinajstić information content (AvgIpc) is 2.46. The highest BCUT2D eigenvalue weighted by Crippen LogP contribution is 2.22. The van der Waals surface area contributed by atoms with E-state index in [0.29, 0.717) is 12.0 Å². The number of aromatic nitrogens is 1. The van der Waals surface area contributed by atoms with Gasteiger partial charge in [-0.2, -0.15) is 0 Å². The van der Waals surface area contributed by atoms with Gasteiger partial charge in [0.15, 0.2) is 0 Å². The topological polar surface area (TPSA) is 33.1 Å². The highest BCUT2D eigenvalue weighted by Gasteiger charge is 2.11. The molecule has 0 saturated carbocycles. The summed E-state index contributed by atoms with van der Waals surface area (Å²) in [5.74, 6) is -0.407. The molecule has 1 N–H and O–H groups in total. The predicted molar refractivity (Wildman–Crippen MR) is 81.0 cm³/mol. The van der Waals surface area contributed by atoms with Crippen LogP contribution in [0.5, 0.6) is 0 Å². The molecule has 0 radical (unpaired) electrons. The molecular weight excluding hydrogens is 253 g/mol. The Kier molecular flexibility index (Phi) is 9.22. The second kappa shape index (κ2) is 10.8. The predicted octanol–water partition coefficient (Wildman–Crippen LogP) is 5.18. The van der Waals surface area contributed by atoms with Gasteiger partial charge in [0, 0.05) is 11.8 Å². The van der Waals surface area contributed by atoms with Gasteiger partial charge in [-0.05, 0) is 12.5 Å². The van der Waals surface area contributed by atoms with E-state index in [-0.39, 0.29) is 0 Å². The first-order valence-corrected chi connectivity index (χ1v) is 8.03. The van der Waals surface area contributed by atoms with Crippen molar-refractivity contribution in [1.82, 2.24) is 4.98 Å². The fourth-order valence-electron chi connectivity index (χ4n) is 2.46. The van der Waals surface area contributed by atoms with E-state index >= 15 is 0 Å². The molecule has 0 bridgehead atoms. The van der Waals surface area contributed by atoms with Gasteiger partial charge in [-0.15, -0.1) is 0 Å². The number of halogens is 1. The van der Waals surface area contributed by atoms with Crippen LogP contribution in [0.1, 0.15) is 82.8 Å². The molecule has 1 heterocycles. The zero-order valence-corrected chi connectivity index (χ0v) is 12.7. The summed E-state index contributed by atoms with van der Waals surface area (Å²) < 4.78 is 13.4. The van der Waals surface area contributed by atoms with Crippen LogP contribution < -0.4 is 0 Å². The molecule has 2 nitrogen and oxygen atoms in total. The van der Waals surface area contributed by atoms with Crippen molar-refractivity contribution in [1.29, 1.82) is 0 Å². The van der Waals surface area contributed by atoms with Gasteiger partial charge in [0.1, 0.15) is 5.82 Å². The van der Waals surface area contributed by atoms with Gasteiger partial charge in [0.25, 0.3) is 0 Å². The summed E-state index contributed by atoms with van der Waals surface area (Å²) >= 11 is 0. The molecule has 20 heavy (non-hydrogen) atoms. The third-order valence-corrected chi connectivity index (χ3v) is 3.74. The molecule has 0 amide bonds. The highest BCUT2D eigenvalue weighted by molar-refractivity contribution is 5.15. The van der Waals surface area contributed by atoms with Gasteiger partial charge in [-0.3, -0.25) is 4.98 Å². The van der Waals surface area contributed by atoms with E-state index in [2.05, 4.69) is 11.9 Å². The summed E-state index contributed by atoms with van der Waals surface area (Å²) in [5, 5.41) is 9.93. The largest absolute Gasteiger partial charge is 0.388 e. The van der Waals surface area contributed by atoms with Crippen LogP contribution >= 0.6 is 0 Å². The molecule has 0 aliphatic heterocycles. The summed E-state index contributed by atoms with van der Waals surface area (Å²) in [7, 11) is 0. The van der Waals surface area contributed by atoms with E-state index in [1.165, 1.54) is 51.1 Å². The van der Waals surface area contributed by atoms with Crippen molar-refractivity contribution in [2.24, 2.45) is 0 Å². The quantitative estimate of drug-likeness (QED) is 0.567. The highest BCUT2D eigenvalue weighted by atomic mass is 19.1. The molecular formula is C17H28FNO. The maximum absolute atomic E-state index is 13.4. The Balaban J connectivity index is 2.03. The fraction of sp³-hybridized carbons (Fsp3) is 0.706. The minimum Gasteiger partial charge on any atom is -0.388 e. The van der Waals surface area contributed by atoms with Crippen molar-refractivity contribution in [2.75, 3.05) is 0 Å². The monoisotopic (exact) mass is 281 g/mol. The normalized spacial score (nSPS) is 12.6. The minimum atomic E-state index is -0.692. The zero-order chi connectivity index (χ0) is 14.6. The Hall–Kier alpha value is -0.960. The van der Waals surface area contributed by atoms with Crippen LogP contribution in [0.4, 0.5) is 4.39 Å². The van der Waals surface area contributed by atoms with E-state index in [1.54, 1.807) is 6.07 Å². The summed E-state index contributed by atoms with van der Waals surface area (Å²) in [5.41, 5.74) is 0.375. The number of aliphatic hydroxyl groups excluding tert-OH is 1. The Bertz CT molecular complexity index is 357. The Labute approximate surface area is 122 Å². The Morgan fingerprint density at radius 3 is 2.25 bits per heavy atom. The molecule has 1 atom stereocenters. The van der Waals surface area contributed by atoms with Crippen LogP contribution in [-0.4, -0.2) is 10.1 Å². The smallest absolute Gasteiger partial charge is 0.147 e. The maximum atomic E-state index is 13.4. The number of hydrogen-bond acceptors (Lipinski definition) is 2. The third-order valence-electron chi connectivity index (χ3n) is 3.74. The molecule has 1 aromatic heterocycles. The molecule has 1 rings (SSSR count). The van der Waals surface area contributed by atoms with E-state index in [9.17, 15) is 9.50 Å². The lowest BCUT2D eigenvalue weighted by molar-refractivity contribution is 0.158. The van der Waals surface area contributed by atoms with Crippen LogP contribution in [0, 0.1) is 5.82 Å². The summed E-state index contributed by atoms with van der Waals surface area (Å²) in [4.78, 5) is 3.69. The standard InChI is InChI=1S/C17H28FNO/c1-2-3-4-5-6-7-8-9-10-11-17(20)15-12-13-19-14-16(15)18/h12-14,17,20H,2-11H2,1H3. The molecule has 0 saturated heterocycles. The molecule has 1 unspecified atom stereocenters. The van der Waals surface area contributed by atoms with Gasteiger partial charge in [0.05, 0.1) is 12.3 Å². The van der Waals surface area contributed by atoms with Crippen molar-refractivity contribution in [3.05, 3.63) is 29.8 Å². The maximum Gasteiger partial charge on any atom is 0.147 e. The van der Waals surface area contributed by atoms with Crippen molar-refractivity contribution in [3.8, 4) is 0 Å². The van der Waals surface area contributed by atoms with Crippen LogP contribution in [0.15, 0.2) is 18.5 Å². The van der Waals surface area contributed by atoms with Crippen LogP contribution in [-0.2, 0) is 0 Å². The third kappa shape index (κ3) is 6.99.